The summed E-state index contributed by atoms with van der Waals surface area (Å²) in [5.74, 6) is 0. The first-order valence-corrected chi connectivity index (χ1v) is 7.12. The first-order valence-electron chi connectivity index (χ1n) is 6.75. The molecule has 0 saturated heterocycles. The molecule has 2 atom stereocenters. The lowest BCUT2D eigenvalue weighted by molar-refractivity contribution is -0.0259. The summed E-state index contributed by atoms with van der Waals surface area (Å²) in [6, 6.07) is 5.63. The van der Waals surface area contributed by atoms with Crippen molar-refractivity contribution in [3.8, 4) is 0 Å². The van der Waals surface area contributed by atoms with E-state index < -0.39 is 18.3 Å². The Bertz CT molecular complexity index is 430. The Hall–Kier alpha value is -1.26. The van der Waals surface area contributed by atoms with E-state index in [-0.39, 0.29) is 0 Å². The van der Waals surface area contributed by atoms with E-state index in [1.54, 1.807) is 13.2 Å². The molecule has 1 amide bonds. The Labute approximate surface area is 125 Å². The molecule has 4 nitrogen and oxygen atoms in total. The molecular formula is C15H22ClNO3. The first kappa shape index (κ1) is 16.8. The average Bonchev–Trinajstić information content (AvgIpc) is 2.39. The Morgan fingerprint density at radius 3 is 2.65 bits per heavy atom. The number of amides is 1. The first-order chi connectivity index (χ1) is 9.51. The standard InChI is InChI=1S/C15H22ClNO3/c1-4-5-9-12(20-15(17)18)14(19-3)13-10(2)7-6-8-11(13)16/h6-8,12,14H,4-5,9H2,1-3H3,(H2,17,18). The van der Waals surface area contributed by atoms with Gasteiger partial charge >= 0.3 is 6.09 Å². The van der Waals surface area contributed by atoms with Crippen LogP contribution in [-0.2, 0) is 9.47 Å². The van der Waals surface area contributed by atoms with Crippen LogP contribution in [0.4, 0.5) is 4.79 Å². The third-order valence-corrected chi connectivity index (χ3v) is 3.59. The maximum atomic E-state index is 11.1. The highest BCUT2D eigenvalue weighted by Gasteiger charge is 2.28. The van der Waals surface area contributed by atoms with Crippen LogP contribution in [0.25, 0.3) is 0 Å². The number of rotatable bonds is 7. The molecule has 112 valence electrons. The van der Waals surface area contributed by atoms with Crippen LogP contribution in [0.2, 0.25) is 5.02 Å². The fourth-order valence-corrected chi connectivity index (χ4v) is 2.62. The molecule has 1 aromatic carbocycles. The molecule has 0 fully saturated rings. The Morgan fingerprint density at radius 2 is 2.15 bits per heavy atom. The van der Waals surface area contributed by atoms with Crippen molar-refractivity contribution in [3.63, 3.8) is 0 Å². The van der Waals surface area contributed by atoms with E-state index in [1.165, 1.54) is 0 Å². The zero-order valence-electron chi connectivity index (χ0n) is 12.2. The third kappa shape index (κ3) is 4.39. The van der Waals surface area contributed by atoms with Crippen LogP contribution in [0.5, 0.6) is 0 Å². The molecule has 1 rings (SSSR count). The summed E-state index contributed by atoms with van der Waals surface area (Å²) in [5, 5.41) is 0.603. The van der Waals surface area contributed by atoms with E-state index in [1.807, 2.05) is 19.1 Å². The number of carbonyl (C=O) groups is 1. The van der Waals surface area contributed by atoms with Gasteiger partial charge in [0.15, 0.2) is 0 Å². The monoisotopic (exact) mass is 299 g/mol. The van der Waals surface area contributed by atoms with Crippen LogP contribution < -0.4 is 5.73 Å². The zero-order chi connectivity index (χ0) is 15.1. The Kier molecular flexibility index (Phi) is 6.82. The highest BCUT2D eigenvalue weighted by atomic mass is 35.5. The normalized spacial score (nSPS) is 13.8. The van der Waals surface area contributed by atoms with Gasteiger partial charge in [-0.25, -0.2) is 4.79 Å². The van der Waals surface area contributed by atoms with Crippen molar-refractivity contribution in [2.24, 2.45) is 5.73 Å². The minimum absolute atomic E-state index is 0.414. The number of unbranched alkanes of at least 4 members (excludes halogenated alkanes) is 1. The van der Waals surface area contributed by atoms with Gasteiger partial charge in [-0.05, 0) is 31.4 Å². The number of nitrogens with two attached hydrogens (primary N) is 1. The lowest BCUT2D eigenvalue weighted by Crippen LogP contribution is -2.30. The lowest BCUT2D eigenvalue weighted by atomic mass is 9.96. The molecule has 0 aliphatic heterocycles. The second-order valence-electron chi connectivity index (χ2n) is 4.74. The highest BCUT2D eigenvalue weighted by Crippen LogP contribution is 2.33. The van der Waals surface area contributed by atoms with Gasteiger partial charge in [0.25, 0.3) is 0 Å². The molecule has 0 aliphatic carbocycles. The van der Waals surface area contributed by atoms with E-state index in [4.69, 9.17) is 26.8 Å². The number of primary amides is 1. The molecule has 0 aliphatic rings. The van der Waals surface area contributed by atoms with Crippen molar-refractivity contribution in [3.05, 3.63) is 34.3 Å². The van der Waals surface area contributed by atoms with Crippen LogP contribution in [0.1, 0.15) is 43.4 Å². The number of ether oxygens (including phenoxy) is 2. The number of halogens is 1. The molecule has 0 aromatic heterocycles. The Morgan fingerprint density at radius 1 is 1.45 bits per heavy atom. The van der Waals surface area contributed by atoms with E-state index in [0.29, 0.717) is 11.4 Å². The van der Waals surface area contributed by atoms with E-state index in [2.05, 4.69) is 6.92 Å². The summed E-state index contributed by atoms with van der Waals surface area (Å²) in [7, 11) is 1.58. The predicted octanol–water partition coefficient (Wildman–Crippen LogP) is 3.99. The van der Waals surface area contributed by atoms with Gasteiger partial charge in [-0.3, -0.25) is 0 Å². The second kappa shape index (κ2) is 8.12. The van der Waals surface area contributed by atoms with Crippen molar-refractivity contribution in [1.82, 2.24) is 0 Å². The molecule has 0 spiro atoms. The minimum atomic E-state index is -0.794. The number of hydrogen-bond donors (Lipinski definition) is 1. The van der Waals surface area contributed by atoms with E-state index >= 15 is 0 Å². The minimum Gasteiger partial charge on any atom is -0.443 e. The topological polar surface area (TPSA) is 61.5 Å². The number of aryl methyl sites for hydroxylation is 1. The van der Waals surface area contributed by atoms with Gasteiger partial charge in [-0.15, -0.1) is 0 Å². The van der Waals surface area contributed by atoms with Gasteiger partial charge in [0, 0.05) is 17.7 Å². The van der Waals surface area contributed by atoms with Gasteiger partial charge in [-0.2, -0.15) is 0 Å². The van der Waals surface area contributed by atoms with Gasteiger partial charge in [0.2, 0.25) is 0 Å². The molecule has 0 radical (unpaired) electrons. The van der Waals surface area contributed by atoms with Gasteiger partial charge in [0.05, 0.1) is 0 Å². The van der Waals surface area contributed by atoms with Crippen molar-refractivity contribution in [2.75, 3.05) is 7.11 Å². The van der Waals surface area contributed by atoms with Crippen molar-refractivity contribution < 1.29 is 14.3 Å². The molecule has 1 aromatic rings. The van der Waals surface area contributed by atoms with Crippen molar-refractivity contribution >= 4 is 17.7 Å². The van der Waals surface area contributed by atoms with Crippen LogP contribution in [0.3, 0.4) is 0 Å². The van der Waals surface area contributed by atoms with Crippen LogP contribution in [0, 0.1) is 6.92 Å². The fourth-order valence-electron chi connectivity index (χ4n) is 2.29. The number of carbonyl (C=O) groups excluding carboxylic acids is 1. The van der Waals surface area contributed by atoms with Gasteiger partial charge in [0.1, 0.15) is 12.2 Å². The third-order valence-electron chi connectivity index (χ3n) is 3.26. The van der Waals surface area contributed by atoms with Crippen molar-refractivity contribution in [2.45, 2.75) is 45.3 Å². The predicted molar refractivity (Wildman–Crippen MR) is 79.9 cm³/mol. The second-order valence-corrected chi connectivity index (χ2v) is 5.15. The summed E-state index contributed by atoms with van der Waals surface area (Å²) in [6.07, 6.45) is 0.956. The molecule has 2 N–H and O–H groups in total. The summed E-state index contributed by atoms with van der Waals surface area (Å²) >= 11 is 6.27. The van der Waals surface area contributed by atoms with Crippen molar-refractivity contribution in [1.29, 1.82) is 0 Å². The van der Waals surface area contributed by atoms with E-state index in [9.17, 15) is 4.79 Å². The van der Waals surface area contributed by atoms with Gasteiger partial charge < -0.3 is 15.2 Å². The van der Waals surface area contributed by atoms with Crippen LogP contribution in [0.15, 0.2) is 18.2 Å². The number of benzene rings is 1. The molecule has 0 heterocycles. The molecule has 0 saturated carbocycles. The summed E-state index contributed by atoms with van der Waals surface area (Å²) in [5.41, 5.74) is 7.01. The maximum Gasteiger partial charge on any atom is 0.404 e. The average molecular weight is 300 g/mol. The highest BCUT2D eigenvalue weighted by molar-refractivity contribution is 6.31. The maximum absolute atomic E-state index is 11.1. The molecule has 0 bridgehead atoms. The SMILES string of the molecule is CCCCC(OC(N)=O)C(OC)c1c(C)cccc1Cl. The lowest BCUT2D eigenvalue weighted by Gasteiger charge is -2.27. The molecule has 20 heavy (non-hydrogen) atoms. The summed E-state index contributed by atoms with van der Waals surface area (Å²) in [4.78, 5) is 11.1. The smallest absolute Gasteiger partial charge is 0.404 e. The number of methoxy groups -OCH3 is 1. The van der Waals surface area contributed by atoms with Gasteiger partial charge in [-0.1, -0.05) is 37.1 Å². The molecular weight excluding hydrogens is 278 g/mol. The fraction of sp³-hybridized carbons (Fsp3) is 0.533. The van der Waals surface area contributed by atoms with Crippen LogP contribution in [-0.4, -0.2) is 19.3 Å². The quantitative estimate of drug-likeness (QED) is 0.828. The summed E-state index contributed by atoms with van der Waals surface area (Å²) < 4.78 is 10.8. The van der Waals surface area contributed by atoms with Crippen LogP contribution >= 0.6 is 11.6 Å². The zero-order valence-corrected chi connectivity index (χ0v) is 12.9. The summed E-state index contributed by atoms with van der Waals surface area (Å²) in [6.45, 7) is 4.03. The Balaban J connectivity index is 3.08. The van der Waals surface area contributed by atoms with E-state index in [0.717, 1.165) is 24.0 Å². The largest absolute Gasteiger partial charge is 0.443 e. The number of hydrogen-bond acceptors (Lipinski definition) is 3. The molecule has 2 unspecified atom stereocenters. The molecule has 5 heteroatoms.